The van der Waals surface area contributed by atoms with E-state index in [0.29, 0.717) is 0 Å². The van der Waals surface area contributed by atoms with E-state index < -0.39 is 0 Å². The van der Waals surface area contributed by atoms with Crippen molar-refractivity contribution in [3.8, 4) is 11.1 Å². The van der Waals surface area contributed by atoms with Crippen LogP contribution in [0.3, 0.4) is 0 Å². The number of benzene rings is 8. The molecule has 0 bridgehead atoms. The van der Waals surface area contributed by atoms with E-state index in [1.807, 2.05) is 35.6 Å². The van der Waals surface area contributed by atoms with Crippen LogP contribution in [0.2, 0.25) is 0 Å². The number of hydrogen-bond donors (Lipinski definition) is 0. The molecule has 0 radical (unpaired) electrons. The number of furan rings is 3. The molecule has 5 heteroatoms. The molecule has 53 heavy (non-hydrogen) atoms. The molecule has 248 valence electrons. The minimum Gasteiger partial charge on any atom is -0.456 e. The van der Waals surface area contributed by atoms with Gasteiger partial charge in [-0.3, -0.25) is 0 Å². The second-order valence-corrected chi connectivity index (χ2v) is 14.7. The molecule has 0 aliphatic heterocycles. The number of nitrogens with zero attached hydrogens (tertiary/aromatic N) is 1. The van der Waals surface area contributed by atoms with Crippen LogP contribution in [0.1, 0.15) is 0 Å². The molecule has 0 saturated carbocycles. The predicted molar refractivity (Wildman–Crippen MR) is 221 cm³/mol. The highest BCUT2D eigenvalue weighted by molar-refractivity contribution is 7.26. The van der Waals surface area contributed by atoms with Gasteiger partial charge in [-0.25, -0.2) is 0 Å². The summed E-state index contributed by atoms with van der Waals surface area (Å²) in [6.45, 7) is 0. The van der Waals surface area contributed by atoms with Gasteiger partial charge in [-0.2, -0.15) is 0 Å². The number of hydrogen-bond acceptors (Lipinski definition) is 5. The molecule has 12 rings (SSSR count). The van der Waals surface area contributed by atoms with E-state index in [0.717, 1.165) is 94.0 Å². The Bertz CT molecular complexity index is 3420. The molecule has 0 fully saturated rings. The van der Waals surface area contributed by atoms with Crippen LogP contribution in [0.5, 0.6) is 0 Å². The Morgan fingerprint density at radius 2 is 0.981 bits per heavy atom. The van der Waals surface area contributed by atoms with Crippen LogP contribution in [0.4, 0.5) is 17.1 Å². The molecule has 0 aliphatic rings. The molecule has 8 aromatic carbocycles. The fourth-order valence-corrected chi connectivity index (χ4v) is 9.39. The summed E-state index contributed by atoms with van der Waals surface area (Å²) in [6.07, 6.45) is 0. The van der Waals surface area contributed by atoms with Gasteiger partial charge in [0.15, 0.2) is 5.58 Å². The monoisotopic (exact) mass is 697 g/mol. The van der Waals surface area contributed by atoms with Crippen LogP contribution < -0.4 is 4.90 Å². The summed E-state index contributed by atoms with van der Waals surface area (Å²) < 4.78 is 22.2. The zero-order valence-corrected chi connectivity index (χ0v) is 29.0. The van der Waals surface area contributed by atoms with Crippen molar-refractivity contribution in [3.05, 3.63) is 164 Å². The van der Waals surface area contributed by atoms with Crippen molar-refractivity contribution in [3.63, 3.8) is 0 Å². The second kappa shape index (κ2) is 10.8. The molecule has 4 aromatic heterocycles. The lowest BCUT2D eigenvalue weighted by Gasteiger charge is -2.26. The zero-order valence-electron chi connectivity index (χ0n) is 28.2. The van der Waals surface area contributed by atoms with Crippen LogP contribution in [0.15, 0.2) is 177 Å². The molecule has 0 atom stereocenters. The van der Waals surface area contributed by atoms with Gasteiger partial charge in [0.05, 0.1) is 16.8 Å². The van der Waals surface area contributed by atoms with Crippen molar-refractivity contribution in [1.29, 1.82) is 0 Å². The highest BCUT2D eigenvalue weighted by Gasteiger charge is 2.24. The third-order valence-electron chi connectivity index (χ3n) is 10.7. The van der Waals surface area contributed by atoms with E-state index in [1.165, 1.54) is 20.2 Å². The number of thiophene rings is 1. The van der Waals surface area contributed by atoms with Gasteiger partial charge in [0.25, 0.3) is 0 Å². The van der Waals surface area contributed by atoms with E-state index >= 15 is 0 Å². The molecular weight excluding hydrogens is 671 g/mol. The average Bonchev–Trinajstić information content (AvgIpc) is 3.98. The number of rotatable bonds is 4. The quantitative estimate of drug-likeness (QED) is 0.184. The molecule has 4 nitrogen and oxygen atoms in total. The summed E-state index contributed by atoms with van der Waals surface area (Å²) in [4.78, 5) is 2.32. The first-order valence-corrected chi connectivity index (χ1v) is 18.6. The van der Waals surface area contributed by atoms with Crippen LogP contribution in [-0.4, -0.2) is 0 Å². The first-order valence-electron chi connectivity index (χ1n) is 17.7. The minimum atomic E-state index is 0.840. The zero-order chi connectivity index (χ0) is 34.6. The Morgan fingerprint density at radius 3 is 1.87 bits per heavy atom. The summed E-state index contributed by atoms with van der Waals surface area (Å²) >= 11 is 1.81. The lowest BCUT2D eigenvalue weighted by atomic mass is 10.0. The fourth-order valence-electron chi connectivity index (χ4n) is 8.28. The molecular formula is C48H27NO3S. The normalized spacial score (nSPS) is 12.2. The van der Waals surface area contributed by atoms with Crippen LogP contribution >= 0.6 is 11.3 Å². The largest absolute Gasteiger partial charge is 0.456 e. The van der Waals surface area contributed by atoms with Gasteiger partial charge in [-0.15, -0.1) is 11.3 Å². The van der Waals surface area contributed by atoms with Gasteiger partial charge < -0.3 is 18.2 Å². The third-order valence-corrected chi connectivity index (χ3v) is 11.8. The molecule has 0 amide bonds. The first kappa shape index (κ1) is 28.8. The summed E-state index contributed by atoms with van der Waals surface area (Å²) in [5.74, 6) is 0. The molecule has 0 spiro atoms. The Balaban J connectivity index is 1.09. The standard InChI is InChI=1S/C48H27NO3S/c1-4-15-39-31(9-1)32-24-21-29(27-42(32)51-39)28-19-22-30(23-20-28)49(37-13-8-17-41-45(37)35-10-2-5-16-40(35)50-41)38-14-7-12-33-34-25-26-44-46(48(34)52-47(33)38)36-11-3-6-18-43(36)53-44/h1-27H. The molecule has 12 aromatic rings. The van der Waals surface area contributed by atoms with Gasteiger partial charge in [-0.05, 0) is 83.9 Å². The van der Waals surface area contributed by atoms with Gasteiger partial charge in [0.2, 0.25) is 0 Å². The number of para-hydroxylation sites is 3. The Labute approximate surface area is 306 Å². The van der Waals surface area contributed by atoms with E-state index in [9.17, 15) is 0 Å². The van der Waals surface area contributed by atoms with Gasteiger partial charge in [0, 0.05) is 52.8 Å². The van der Waals surface area contributed by atoms with Crippen molar-refractivity contribution in [2.45, 2.75) is 0 Å². The predicted octanol–water partition coefficient (Wildman–Crippen LogP) is 14.9. The first-order chi connectivity index (χ1) is 26.3. The van der Waals surface area contributed by atoms with Crippen molar-refractivity contribution >= 4 is 114 Å². The lowest BCUT2D eigenvalue weighted by molar-refractivity contribution is 0.668. The second-order valence-electron chi connectivity index (χ2n) is 13.6. The van der Waals surface area contributed by atoms with Gasteiger partial charge in [0.1, 0.15) is 27.9 Å². The van der Waals surface area contributed by atoms with E-state index in [2.05, 4.69) is 144 Å². The van der Waals surface area contributed by atoms with Crippen molar-refractivity contribution in [1.82, 2.24) is 0 Å². The highest BCUT2D eigenvalue weighted by atomic mass is 32.1. The van der Waals surface area contributed by atoms with E-state index in [4.69, 9.17) is 13.3 Å². The maximum atomic E-state index is 7.06. The summed E-state index contributed by atoms with van der Waals surface area (Å²) in [6, 6.07) is 57.6. The van der Waals surface area contributed by atoms with Gasteiger partial charge in [-0.1, -0.05) is 91.0 Å². The van der Waals surface area contributed by atoms with Crippen molar-refractivity contribution in [2.75, 3.05) is 4.90 Å². The third kappa shape index (κ3) is 4.17. The molecule has 0 N–H and O–H groups in total. The average molecular weight is 698 g/mol. The lowest BCUT2D eigenvalue weighted by Crippen LogP contribution is -2.10. The molecule has 0 aliphatic carbocycles. The van der Waals surface area contributed by atoms with Crippen LogP contribution in [-0.2, 0) is 0 Å². The molecule has 4 heterocycles. The fraction of sp³-hybridized carbons (Fsp3) is 0. The number of fused-ring (bicyclic) bond motifs is 13. The van der Waals surface area contributed by atoms with E-state index in [1.54, 1.807) is 0 Å². The van der Waals surface area contributed by atoms with Crippen molar-refractivity contribution in [2.24, 2.45) is 0 Å². The van der Waals surface area contributed by atoms with Crippen LogP contribution in [0.25, 0.3) is 97.1 Å². The maximum Gasteiger partial charge on any atom is 0.159 e. The van der Waals surface area contributed by atoms with Crippen LogP contribution in [0, 0.1) is 0 Å². The SMILES string of the molecule is c1ccc2c(c1)oc1cc(-c3ccc(N(c4cccc5c4oc4c5ccc5sc6ccccc6c54)c4cccc5oc6ccccc6c45)cc3)ccc12. The van der Waals surface area contributed by atoms with E-state index in [-0.39, 0.29) is 0 Å². The molecule has 0 unspecified atom stereocenters. The summed E-state index contributed by atoms with van der Waals surface area (Å²) in [5, 5.41) is 8.98. The topological polar surface area (TPSA) is 42.7 Å². The van der Waals surface area contributed by atoms with Crippen molar-refractivity contribution < 1.29 is 13.3 Å². The Hall–Kier alpha value is -6.82. The Kier molecular flexibility index (Phi) is 5.90. The highest BCUT2D eigenvalue weighted by Crippen LogP contribution is 2.48. The Morgan fingerprint density at radius 1 is 0.358 bits per heavy atom. The summed E-state index contributed by atoms with van der Waals surface area (Å²) in [5.41, 5.74) is 10.4. The number of anilines is 3. The minimum absolute atomic E-state index is 0.840. The summed E-state index contributed by atoms with van der Waals surface area (Å²) in [7, 11) is 0. The van der Waals surface area contributed by atoms with Gasteiger partial charge >= 0.3 is 0 Å². The smallest absolute Gasteiger partial charge is 0.159 e. The molecule has 0 saturated heterocycles. The maximum absolute atomic E-state index is 7.06.